The first kappa shape index (κ1) is 12.2. The van der Waals surface area contributed by atoms with Crippen LogP contribution in [0, 0.1) is 11.7 Å². The van der Waals surface area contributed by atoms with Crippen molar-refractivity contribution in [3.05, 3.63) is 34.5 Å². The van der Waals surface area contributed by atoms with Gasteiger partial charge in [0.1, 0.15) is 0 Å². The zero-order chi connectivity index (χ0) is 13.1. The van der Waals surface area contributed by atoms with Gasteiger partial charge < -0.3 is 10.0 Å². The number of anilines is 1. The summed E-state index contributed by atoms with van der Waals surface area (Å²) in [5, 5.41) is 12.5. The summed E-state index contributed by atoms with van der Waals surface area (Å²) in [7, 11) is 0. The van der Waals surface area contributed by atoms with Crippen molar-refractivity contribution >= 4 is 11.6 Å². The predicted octanol–water partition coefficient (Wildman–Crippen LogP) is 2.19. The number of aromatic hydroxyl groups is 1. The van der Waals surface area contributed by atoms with Crippen LogP contribution in [0.3, 0.4) is 0 Å². The summed E-state index contributed by atoms with van der Waals surface area (Å²) in [6.07, 6.45) is 0.279. The molecule has 0 spiro atoms. The molecule has 0 radical (unpaired) electrons. The molecule has 0 saturated carbocycles. The van der Waals surface area contributed by atoms with Crippen molar-refractivity contribution in [1.82, 2.24) is 0 Å². The molecule has 1 aliphatic heterocycles. The Morgan fingerprint density at radius 2 is 2.39 bits per heavy atom. The van der Waals surface area contributed by atoms with Gasteiger partial charge in [-0.05, 0) is 23.6 Å². The average molecular weight is 250 g/mol. The van der Waals surface area contributed by atoms with Gasteiger partial charge in [0.2, 0.25) is 5.91 Å². The molecule has 1 saturated heterocycles. The molecule has 1 atom stereocenters. The summed E-state index contributed by atoms with van der Waals surface area (Å²) in [4.78, 5) is 15.8. The molecule has 0 bridgehead atoms. The van der Waals surface area contributed by atoms with E-state index in [0.717, 1.165) is 6.07 Å². The lowest BCUT2D eigenvalue weighted by Crippen LogP contribution is -2.24. The highest BCUT2D eigenvalue weighted by Gasteiger charge is 2.30. The molecule has 1 heterocycles. The summed E-state index contributed by atoms with van der Waals surface area (Å²) in [6.45, 7) is 0.640. The maximum atomic E-state index is 13.2. The van der Waals surface area contributed by atoms with Crippen LogP contribution in [-0.4, -0.2) is 24.1 Å². The topological polar surface area (TPSA) is 89.3 Å². The molecule has 1 aromatic rings. The fraction of sp³-hybridized carbons (Fsp3) is 0.364. The highest BCUT2D eigenvalue weighted by Crippen LogP contribution is 2.28. The van der Waals surface area contributed by atoms with E-state index >= 15 is 0 Å². The number of azide groups is 1. The molecule has 1 amide bonds. The summed E-state index contributed by atoms with van der Waals surface area (Å²) in [5.41, 5.74) is 8.63. The standard InChI is InChI=1S/C11H11FN4O2/c12-9-4-8(1-2-10(9)17)16-6-7(3-11(16)18)5-14-15-13/h1-2,4,7,17H,3,5-6H2. The van der Waals surface area contributed by atoms with E-state index < -0.39 is 11.6 Å². The number of hydrogen-bond donors (Lipinski definition) is 1. The van der Waals surface area contributed by atoms with Crippen LogP contribution < -0.4 is 4.90 Å². The van der Waals surface area contributed by atoms with E-state index in [1.807, 2.05) is 0 Å². The number of hydrogen-bond acceptors (Lipinski definition) is 3. The molecule has 6 nitrogen and oxygen atoms in total. The molecule has 1 aliphatic rings. The van der Waals surface area contributed by atoms with Crippen LogP contribution in [0.2, 0.25) is 0 Å². The highest BCUT2D eigenvalue weighted by molar-refractivity contribution is 5.95. The molecule has 1 unspecified atom stereocenters. The maximum absolute atomic E-state index is 13.2. The Labute approximate surface area is 102 Å². The van der Waals surface area contributed by atoms with Crippen LogP contribution in [0.15, 0.2) is 23.3 Å². The van der Waals surface area contributed by atoms with E-state index in [2.05, 4.69) is 10.0 Å². The summed E-state index contributed by atoms with van der Waals surface area (Å²) < 4.78 is 13.2. The lowest BCUT2D eigenvalue weighted by atomic mass is 10.1. The second-order valence-corrected chi connectivity index (χ2v) is 4.12. The van der Waals surface area contributed by atoms with Gasteiger partial charge in [0.25, 0.3) is 0 Å². The number of carbonyl (C=O) groups excluding carboxylic acids is 1. The van der Waals surface area contributed by atoms with Gasteiger partial charge in [-0.1, -0.05) is 5.11 Å². The Hall–Kier alpha value is -2.27. The number of carbonyl (C=O) groups is 1. The van der Waals surface area contributed by atoms with Gasteiger partial charge in [0.05, 0.1) is 0 Å². The molecule has 18 heavy (non-hydrogen) atoms. The quantitative estimate of drug-likeness (QED) is 0.506. The van der Waals surface area contributed by atoms with Crippen LogP contribution in [0.4, 0.5) is 10.1 Å². The fourth-order valence-corrected chi connectivity index (χ4v) is 1.97. The summed E-state index contributed by atoms with van der Waals surface area (Å²) in [5.74, 6) is -1.40. The van der Waals surface area contributed by atoms with E-state index in [9.17, 15) is 9.18 Å². The number of rotatable bonds is 3. The molecular weight excluding hydrogens is 239 g/mol. The van der Waals surface area contributed by atoms with Gasteiger partial charge >= 0.3 is 0 Å². The Morgan fingerprint density at radius 1 is 1.61 bits per heavy atom. The van der Waals surface area contributed by atoms with Crippen molar-refractivity contribution in [3.63, 3.8) is 0 Å². The van der Waals surface area contributed by atoms with E-state index in [-0.39, 0.29) is 24.8 Å². The molecule has 2 rings (SSSR count). The maximum Gasteiger partial charge on any atom is 0.227 e. The van der Waals surface area contributed by atoms with Crippen LogP contribution in [0.25, 0.3) is 10.4 Å². The zero-order valence-corrected chi connectivity index (χ0v) is 9.45. The number of nitrogens with zero attached hydrogens (tertiary/aromatic N) is 4. The smallest absolute Gasteiger partial charge is 0.227 e. The van der Waals surface area contributed by atoms with Crippen molar-refractivity contribution in [1.29, 1.82) is 0 Å². The third-order valence-corrected chi connectivity index (χ3v) is 2.85. The minimum atomic E-state index is -0.765. The van der Waals surface area contributed by atoms with Gasteiger partial charge in [-0.15, -0.1) is 0 Å². The normalized spacial score (nSPS) is 18.8. The van der Waals surface area contributed by atoms with Crippen LogP contribution in [0.1, 0.15) is 6.42 Å². The summed E-state index contributed by atoms with van der Waals surface area (Å²) >= 11 is 0. The van der Waals surface area contributed by atoms with Crippen molar-refractivity contribution in [2.45, 2.75) is 6.42 Å². The Kier molecular flexibility index (Phi) is 3.34. The first-order valence-electron chi connectivity index (χ1n) is 5.41. The summed E-state index contributed by atoms with van der Waals surface area (Å²) in [6, 6.07) is 3.80. The number of phenols is 1. The fourth-order valence-electron chi connectivity index (χ4n) is 1.97. The Balaban J connectivity index is 2.16. The minimum absolute atomic E-state index is 0.0507. The third-order valence-electron chi connectivity index (χ3n) is 2.85. The van der Waals surface area contributed by atoms with E-state index in [4.69, 9.17) is 10.6 Å². The monoisotopic (exact) mass is 250 g/mol. The molecule has 7 heteroatoms. The van der Waals surface area contributed by atoms with Crippen molar-refractivity contribution in [2.75, 3.05) is 18.0 Å². The SMILES string of the molecule is [N-]=[N+]=NCC1CC(=O)N(c2ccc(O)c(F)c2)C1. The largest absolute Gasteiger partial charge is 0.505 e. The van der Waals surface area contributed by atoms with Gasteiger partial charge in [0, 0.05) is 36.2 Å². The molecular formula is C11H11FN4O2. The first-order valence-corrected chi connectivity index (χ1v) is 5.41. The second-order valence-electron chi connectivity index (χ2n) is 4.12. The third kappa shape index (κ3) is 2.36. The van der Waals surface area contributed by atoms with Crippen molar-refractivity contribution in [2.24, 2.45) is 11.0 Å². The number of phenolic OH excluding ortho intramolecular Hbond substituents is 1. The average Bonchev–Trinajstić information content (AvgIpc) is 2.71. The molecule has 1 aromatic carbocycles. The van der Waals surface area contributed by atoms with E-state index in [0.29, 0.717) is 12.2 Å². The highest BCUT2D eigenvalue weighted by atomic mass is 19.1. The van der Waals surface area contributed by atoms with Crippen LogP contribution in [0.5, 0.6) is 5.75 Å². The lowest BCUT2D eigenvalue weighted by Gasteiger charge is -2.16. The van der Waals surface area contributed by atoms with Crippen LogP contribution >= 0.6 is 0 Å². The molecule has 94 valence electrons. The molecule has 0 aliphatic carbocycles. The second kappa shape index (κ2) is 4.93. The zero-order valence-electron chi connectivity index (χ0n) is 9.45. The molecule has 1 fully saturated rings. The van der Waals surface area contributed by atoms with E-state index in [1.54, 1.807) is 0 Å². The first-order chi connectivity index (χ1) is 8.61. The van der Waals surface area contributed by atoms with Crippen molar-refractivity contribution in [3.8, 4) is 5.75 Å². The predicted molar refractivity (Wildman–Crippen MR) is 62.5 cm³/mol. The Bertz CT molecular complexity index is 528. The Morgan fingerprint density at radius 3 is 3.06 bits per heavy atom. The number of halogens is 1. The van der Waals surface area contributed by atoms with Gasteiger partial charge in [-0.2, -0.15) is 0 Å². The molecule has 0 aromatic heterocycles. The van der Waals surface area contributed by atoms with Gasteiger partial charge in [-0.25, -0.2) is 4.39 Å². The number of amides is 1. The van der Waals surface area contributed by atoms with Crippen LogP contribution in [-0.2, 0) is 4.79 Å². The van der Waals surface area contributed by atoms with E-state index in [1.165, 1.54) is 17.0 Å². The number of benzene rings is 1. The molecule has 1 N–H and O–H groups in total. The lowest BCUT2D eigenvalue weighted by molar-refractivity contribution is -0.117. The van der Waals surface area contributed by atoms with Gasteiger partial charge in [-0.3, -0.25) is 4.79 Å². The minimum Gasteiger partial charge on any atom is -0.505 e. The van der Waals surface area contributed by atoms with Crippen molar-refractivity contribution < 1.29 is 14.3 Å². The van der Waals surface area contributed by atoms with Gasteiger partial charge in [0.15, 0.2) is 11.6 Å².